The first kappa shape index (κ1) is 17.6. The number of pyridine rings is 1. The molecular formula is C19H20NO4P. The zero-order chi connectivity index (χ0) is 17.9. The van der Waals surface area contributed by atoms with Gasteiger partial charge in [0.2, 0.25) is 0 Å². The van der Waals surface area contributed by atoms with Crippen molar-refractivity contribution >= 4 is 23.7 Å². The van der Waals surface area contributed by atoms with Crippen LogP contribution in [0.1, 0.15) is 19.8 Å². The van der Waals surface area contributed by atoms with Gasteiger partial charge in [-0.25, -0.2) is 0 Å². The van der Waals surface area contributed by atoms with E-state index < -0.39 is 13.2 Å². The SMILES string of the molecule is CCCCOP(=O)(O)c1ccc(-c2cccc3ccccc23)[nH]c1=O. The summed E-state index contributed by atoms with van der Waals surface area (Å²) in [5, 5.41) is 1.83. The van der Waals surface area contributed by atoms with Crippen LogP contribution in [0.4, 0.5) is 0 Å². The van der Waals surface area contributed by atoms with Crippen molar-refractivity contribution in [2.75, 3.05) is 6.61 Å². The Kier molecular flexibility index (Phi) is 5.19. The second-order valence-electron chi connectivity index (χ2n) is 5.82. The predicted octanol–water partition coefficient (Wildman–Crippen LogP) is 3.82. The summed E-state index contributed by atoms with van der Waals surface area (Å²) >= 11 is 0. The van der Waals surface area contributed by atoms with E-state index >= 15 is 0 Å². The van der Waals surface area contributed by atoms with Crippen molar-refractivity contribution < 1.29 is 14.0 Å². The molecule has 130 valence electrons. The number of hydrogen-bond donors (Lipinski definition) is 2. The fourth-order valence-corrected chi connectivity index (χ4v) is 3.80. The Hall–Kier alpha value is -2.20. The van der Waals surface area contributed by atoms with Gasteiger partial charge in [0.1, 0.15) is 5.30 Å². The molecule has 6 heteroatoms. The van der Waals surface area contributed by atoms with E-state index in [-0.39, 0.29) is 11.9 Å². The van der Waals surface area contributed by atoms with Gasteiger partial charge in [-0.3, -0.25) is 9.36 Å². The molecule has 1 aromatic heterocycles. The zero-order valence-electron chi connectivity index (χ0n) is 13.9. The smallest absolute Gasteiger partial charge is 0.321 e. The molecule has 0 aliphatic heterocycles. The van der Waals surface area contributed by atoms with Gasteiger partial charge in [-0.2, -0.15) is 0 Å². The van der Waals surface area contributed by atoms with E-state index in [0.29, 0.717) is 12.1 Å². The maximum absolute atomic E-state index is 12.4. The topological polar surface area (TPSA) is 79.4 Å². The molecule has 0 amide bonds. The standard InChI is InChI=1S/C19H20NO4P/c1-2-3-13-24-25(22,23)18-12-11-17(20-19(18)21)16-10-6-8-14-7-4-5-9-15(14)16/h4-12H,2-3,13H2,1H3,(H,20,21)(H,22,23). The lowest BCUT2D eigenvalue weighted by atomic mass is 10.0. The van der Waals surface area contributed by atoms with Gasteiger partial charge in [-0.1, -0.05) is 55.8 Å². The van der Waals surface area contributed by atoms with Gasteiger partial charge < -0.3 is 14.4 Å². The molecule has 0 fully saturated rings. The van der Waals surface area contributed by atoms with Gasteiger partial charge >= 0.3 is 7.60 Å². The fourth-order valence-electron chi connectivity index (χ4n) is 2.71. The summed E-state index contributed by atoms with van der Waals surface area (Å²) in [7, 11) is -4.12. The summed E-state index contributed by atoms with van der Waals surface area (Å²) in [6, 6.07) is 16.7. The van der Waals surface area contributed by atoms with Gasteiger partial charge in [-0.15, -0.1) is 0 Å². The predicted molar refractivity (Wildman–Crippen MR) is 100 cm³/mol. The maximum atomic E-state index is 12.4. The summed E-state index contributed by atoms with van der Waals surface area (Å²) in [5.41, 5.74) is 0.855. The molecule has 0 spiro atoms. The highest BCUT2D eigenvalue weighted by molar-refractivity contribution is 7.61. The van der Waals surface area contributed by atoms with Gasteiger partial charge in [0.05, 0.1) is 6.61 Å². The summed E-state index contributed by atoms with van der Waals surface area (Å²) in [5.74, 6) is 0. The second-order valence-corrected chi connectivity index (χ2v) is 7.60. The van der Waals surface area contributed by atoms with E-state index in [4.69, 9.17) is 4.52 Å². The van der Waals surface area contributed by atoms with Crippen LogP contribution in [0.25, 0.3) is 22.0 Å². The minimum atomic E-state index is -4.12. The number of fused-ring (bicyclic) bond motifs is 1. The third-order valence-corrected chi connectivity index (χ3v) is 5.53. The van der Waals surface area contributed by atoms with E-state index in [1.54, 1.807) is 6.07 Å². The van der Waals surface area contributed by atoms with Crippen LogP contribution in [0.5, 0.6) is 0 Å². The molecule has 0 saturated carbocycles. The van der Waals surface area contributed by atoms with Crippen LogP contribution < -0.4 is 10.9 Å². The van der Waals surface area contributed by atoms with Crippen molar-refractivity contribution in [1.29, 1.82) is 0 Å². The molecule has 1 atom stereocenters. The molecule has 0 bridgehead atoms. The molecule has 0 aliphatic carbocycles. The molecule has 0 saturated heterocycles. The van der Waals surface area contributed by atoms with E-state index in [1.807, 2.05) is 49.4 Å². The van der Waals surface area contributed by atoms with Gasteiger partial charge in [0.25, 0.3) is 5.56 Å². The summed E-state index contributed by atoms with van der Waals surface area (Å²) in [4.78, 5) is 25.1. The van der Waals surface area contributed by atoms with Crippen LogP contribution >= 0.6 is 7.60 Å². The number of nitrogens with one attached hydrogen (secondary N) is 1. The molecule has 3 aromatic rings. The lowest BCUT2D eigenvalue weighted by molar-refractivity contribution is 0.264. The number of aromatic nitrogens is 1. The lowest BCUT2D eigenvalue weighted by Gasteiger charge is -2.12. The number of aromatic amines is 1. The first-order valence-electron chi connectivity index (χ1n) is 8.22. The lowest BCUT2D eigenvalue weighted by Crippen LogP contribution is -2.28. The number of rotatable bonds is 6. The van der Waals surface area contributed by atoms with Crippen LogP contribution in [0.3, 0.4) is 0 Å². The molecule has 0 aliphatic rings. The first-order valence-corrected chi connectivity index (χ1v) is 9.80. The Balaban J connectivity index is 2.00. The molecular weight excluding hydrogens is 337 g/mol. The highest BCUT2D eigenvalue weighted by Gasteiger charge is 2.26. The first-order chi connectivity index (χ1) is 12.0. The summed E-state index contributed by atoms with van der Waals surface area (Å²) in [6.45, 7) is 2.10. The second kappa shape index (κ2) is 7.36. The molecule has 0 radical (unpaired) electrons. The highest BCUT2D eigenvalue weighted by Crippen LogP contribution is 2.39. The number of H-pyrrole nitrogens is 1. The number of hydrogen-bond acceptors (Lipinski definition) is 3. The van der Waals surface area contributed by atoms with Crippen LogP contribution in [-0.4, -0.2) is 16.5 Å². The average molecular weight is 357 g/mol. The van der Waals surface area contributed by atoms with Gasteiger partial charge in [0.15, 0.2) is 0 Å². The largest absolute Gasteiger partial charge is 0.364 e. The van der Waals surface area contributed by atoms with Crippen molar-refractivity contribution in [3.63, 3.8) is 0 Å². The Labute approximate surface area is 145 Å². The quantitative estimate of drug-likeness (QED) is 0.519. The Morgan fingerprint density at radius 3 is 2.60 bits per heavy atom. The Morgan fingerprint density at radius 2 is 1.84 bits per heavy atom. The molecule has 3 rings (SSSR count). The summed E-state index contributed by atoms with van der Waals surface area (Å²) < 4.78 is 17.3. The Bertz CT molecular complexity index is 991. The third-order valence-electron chi connectivity index (χ3n) is 4.04. The Morgan fingerprint density at radius 1 is 1.08 bits per heavy atom. The van der Waals surface area contributed by atoms with Crippen LogP contribution in [0, 0.1) is 0 Å². The summed E-state index contributed by atoms with van der Waals surface area (Å²) in [6.07, 6.45) is 1.51. The van der Waals surface area contributed by atoms with Crippen molar-refractivity contribution in [1.82, 2.24) is 4.98 Å². The monoisotopic (exact) mass is 357 g/mol. The molecule has 2 N–H and O–H groups in total. The van der Waals surface area contributed by atoms with E-state index in [1.165, 1.54) is 6.07 Å². The third kappa shape index (κ3) is 3.74. The van der Waals surface area contributed by atoms with Crippen molar-refractivity contribution in [2.45, 2.75) is 19.8 Å². The number of unbranched alkanes of at least 4 members (excludes halogenated alkanes) is 1. The van der Waals surface area contributed by atoms with Crippen LogP contribution in [-0.2, 0) is 9.09 Å². The minimum Gasteiger partial charge on any atom is -0.321 e. The molecule has 1 heterocycles. The van der Waals surface area contributed by atoms with Crippen molar-refractivity contribution in [2.24, 2.45) is 0 Å². The normalized spacial score (nSPS) is 13.7. The zero-order valence-corrected chi connectivity index (χ0v) is 14.8. The van der Waals surface area contributed by atoms with Crippen molar-refractivity contribution in [3.8, 4) is 11.3 Å². The van der Waals surface area contributed by atoms with Crippen molar-refractivity contribution in [3.05, 3.63) is 65.0 Å². The minimum absolute atomic E-state index is 0.148. The van der Waals surface area contributed by atoms with E-state index in [9.17, 15) is 14.3 Å². The molecule has 1 unspecified atom stereocenters. The molecule has 5 nitrogen and oxygen atoms in total. The van der Waals surface area contributed by atoms with Gasteiger partial charge in [0, 0.05) is 11.3 Å². The average Bonchev–Trinajstić information content (AvgIpc) is 2.61. The molecule has 2 aromatic carbocycles. The fraction of sp³-hybridized carbons (Fsp3) is 0.211. The van der Waals surface area contributed by atoms with Gasteiger partial charge in [-0.05, 0) is 29.3 Å². The maximum Gasteiger partial charge on any atom is 0.364 e. The van der Waals surface area contributed by atoms with Crippen LogP contribution in [0.15, 0.2) is 59.4 Å². The number of benzene rings is 2. The molecule has 25 heavy (non-hydrogen) atoms. The van der Waals surface area contributed by atoms with E-state index in [0.717, 1.165) is 22.8 Å². The van der Waals surface area contributed by atoms with Crippen LogP contribution in [0.2, 0.25) is 0 Å². The highest BCUT2D eigenvalue weighted by atomic mass is 31.2. The van der Waals surface area contributed by atoms with E-state index in [2.05, 4.69) is 4.98 Å².